The van der Waals surface area contributed by atoms with Crippen LogP contribution in [0.25, 0.3) is 44.7 Å². The fourth-order valence-electron chi connectivity index (χ4n) is 5.62. The van der Waals surface area contributed by atoms with Crippen LogP contribution in [0.3, 0.4) is 0 Å². The lowest BCUT2D eigenvalue weighted by atomic mass is 10.0. The highest BCUT2D eigenvalue weighted by molar-refractivity contribution is 5.86. The van der Waals surface area contributed by atoms with Crippen molar-refractivity contribution in [2.75, 3.05) is 13.1 Å². The molecule has 0 saturated carbocycles. The smallest absolute Gasteiger partial charge is 0.326 e. The summed E-state index contributed by atoms with van der Waals surface area (Å²) in [4.78, 5) is 27.5. The van der Waals surface area contributed by atoms with Gasteiger partial charge in [0.25, 0.3) is 0 Å². The number of aromatic amines is 2. The highest BCUT2D eigenvalue weighted by Crippen LogP contribution is 2.33. The number of likely N-dealkylation sites (tertiary alicyclic amines) is 1. The first-order valence-electron chi connectivity index (χ1n) is 13.2. The Kier molecular flexibility index (Phi) is 5.70. The molecule has 39 heavy (non-hydrogen) atoms. The summed E-state index contributed by atoms with van der Waals surface area (Å²) in [7, 11) is 0. The molecule has 1 saturated heterocycles. The third-order valence-corrected chi connectivity index (χ3v) is 7.60. The summed E-state index contributed by atoms with van der Waals surface area (Å²) < 4.78 is 1.93. The predicted octanol–water partition coefficient (Wildman–Crippen LogP) is 4.87. The Morgan fingerprint density at radius 1 is 0.846 bits per heavy atom. The Bertz CT molecular complexity index is 1830. The van der Waals surface area contributed by atoms with Gasteiger partial charge in [0.15, 0.2) is 5.52 Å². The maximum atomic E-state index is 12.6. The van der Waals surface area contributed by atoms with E-state index in [1.165, 1.54) is 5.56 Å². The molecular weight excluding hydrogens is 490 g/mol. The molecule has 7 rings (SSSR count). The molecule has 0 unspecified atom stereocenters. The number of hydrogen-bond donors (Lipinski definition) is 3. The third-order valence-electron chi connectivity index (χ3n) is 7.60. The maximum Gasteiger partial charge on any atom is 0.326 e. The summed E-state index contributed by atoms with van der Waals surface area (Å²) >= 11 is 0. The molecule has 3 N–H and O–H groups in total. The minimum Gasteiger partial charge on any atom is -0.492 e. The highest BCUT2D eigenvalue weighted by Gasteiger charge is 2.24. The zero-order chi connectivity index (χ0) is 26.3. The van der Waals surface area contributed by atoms with E-state index >= 15 is 0 Å². The normalized spacial score (nSPS) is 14.9. The minimum absolute atomic E-state index is 0.0218. The molecule has 0 bridgehead atoms. The molecule has 4 heterocycles. The van der Waals surface area contributed by atoms with Crippen molar-refractivity contribution in [1.82, 2.24) is 34.6 Å². The number of benzene rings is 3. The Morgan fingerprint density at radius 3 is 2.33 bits per heavy atom. The van der Waals surface area contributed by atoms with Crippen molar-refractivity contribution in [3.63, 3.8) is 0 Å². The summed E-state index contributed by atoms with van der Waals surface area (Å²) in [6.07, 6.45) is 1.87. The lowest BCUT2D eigenvalue weighted by Crippen LogP contribution is -2.36. The lowest BCUT2D eigenvalue weighted by molar-refractivity contribution is 0.180. The predicted molar refractivity (Wildman–Crippen MR) is 150 cm³/mol. The molecule has 1 aliphatic heterocycles. The Hall–Kier alpha value is -4.76. The van der Waals surface area contributed by atoms with Gasteiger partial charge in [-0.1, -0.05) is 66.7 Å². The number of piperidine rings is 1. The number of aromatic nitrogens is 6. The van der Waals surface area contributed by atoms with E-state index < -0.39 is 0 Å². The maximum absolute atomic E-state index is 12.6. The molecule has 0 aliphatic carbocycles. The standard InChI is InChI=1S/C30H27N7O2/c38-29-27-28(34-35-29)33-26(25(32-27)20-6-2-1-3-7-20)21-12-10-19(11-13-21)18-36-16-14-22(15-17-36)37-24-9-5-4-8-23(24)31-30(37)39/h1-13,22H,14-18H2,(H,31,39)(H2,33,34,35,38). The van der Waals surface area contributed by atoms with Gasteiger partial charge in [-0.2, -0.15) is 5.10 Å². The number of hydrogen-bond acceptors (Lipinski definition) is 6. The topological polar surface area (TPSA) is 116 Å². The van der Waals surface area contributed by atoms with Crippen LogP contribution in [-0.2, 0) is 6.54 Å². The fourth-order valence-corrected chi connectivity index (χ4v) is 5.62. The third kappa shape index (κ3) is 4.26. The first kappa shape index (κ1) is 23.4. The van der Waals surface area contributed by atoms with Crippen molar-refractivity contribution in [1.29, 1.82) is 0 Å². The van der Waals surface area contributed by atoms with E-state index in [0.717, 1.165) is 60.3 Å². The Balaban J connectivity index is 1.10. The zero-order valence-corrected chi connectivity index (χ0v) is 21.2. The Labute approximate surface area is 223 Å². The molecule has 3 aromatic heterocycles. The summed E-state index contributed by atoms with van der Waals surface area (Å²) in [6, 6.07) is 26.4. The SMILES string of the molecule is O=c1[nH]c2ccccc2n1C1CCN(Cc2ccc(-c3nc4n[nH]c(O)c4nc3-c3ccccc3)cc2)CC1. The minimum atomic E-state index is -0.0880. The van der Waals surface area contributed by atoms with Crippen LogP contribution >= 0.6 is 0 Å². The van der Waals surface area contributed by atoms with Crippen LogP contribution in [0.5, 0.6) is 5.88 Å². The molecule has 6 aromatic rings. The average molecular weight is 518 g/mol. The van der Waals surface area contributed by atoms with Gasteiger partial charge in [0.05, 0.1) is 22.4 Å². The summed E-state index contributed by atoms with van der Waals surface area (Å²) in [6.45, 7) is 2.71. The summed E-state index contributed by atoms with van der Waals surface area (Å²) in [5, 5.41) is 16.8. The van der Waals surface area contributed by atoms with E-state index in [4.69, 9.17) is 9.97 Å². The molecule has 1 fully saturated rings. The number of nitrogens with one attached hydrogen (secondary N) is 2. The van der Waals surface area contributed by atoms with E-state index in [2.05, 4.69) is 44.3 Å². The van der Waals surface area contributed by atoms with E-state index in [0.29, 0.717) is 16.9 Å². The summed E-state index contributed by atoms with van der Waals surface area (Å²) in [5.74, 6) is -0.0880. The summed E-state index contributed by atoms with van der Waals surface area (Å²) in [5.41, 5.74) is 7.08. The van der Waals surface area contributed by atoms with Crippen molar-refractivity contribution < 1.29 is 5.11 Å². The molecule has 1 aliphatic rings. The van der Waals surface area contributed by atoms with Crippen molar-refractivity contribution in [3.05, 3.63) is 94.9 Å². The van der Waals surface area contributed by atoms with Gasteiger partial charge < -0.3 is 10.1 Å². The number of para-hydroxylation sites is 2. The number of nitrogens with zero attached hydrogens (tertiary/aromatic N) is 5. The van der Waals surface area contributed by atoms with Gasteiger partial charge in [0, 0.05) is 36.8 Å². The van der Waals surface area contributed by atoms with Gasteiger partial charge in [-0.05, 0) is 30.5 Å². The van der Waals surface area contributed by atoms with E-state index in [9.17, 15) is 9.90 Å². The van der Waals surface area contributed by atoms with Crippen molar-refractivity contribution in [2.45, 2.75) is 25.4 Å². The number of rotatable bonds is 5. The van der Waals surface area contributed by atoms with Gasteiger partial charge >= 0.3 is 5.69 Å². The first-order chi connectivity index (χ1) is 19.1. The molecule has 0 spiro atoms. The largest absolute Gasteiger partial charge is 0.492 e. The van der Waals surface area contributed by atoms with Crippen LogP contribution in [0.1, 0.15) is 24.4 Å². The monoisotopic (exact) mass is 517 g/mol. The van der Waals surface area contributed by atoms with Gasteiger partial charge in [-0.3, -0.25) is 9.47 Å². The molecule has 0 radical (unpaired) electrons. The number of imidazole rings is 1. The molecule has 3 aromatic carbocycles. The van der Waals surface area contributed by atoms with Gasteiger partial charge in [0.2, 0.25) is 11.5 Å². The number of H-pyrrole nitrogens is 2. The second kappa shape index (κ2) is 9.52. The van der Waals surface area contributed by atoms with Gasteiger partial charge in [-0.25, -0.2) is 19.9 Å². The molecule has 194 valence electrons. The second-order valence-corrected chi connectivity index (χ2v) is 10.1. The lowest BCUT2D eigenvalue weighted by Gasteiger charge is -2.32. The molecule has 9 nitrogen and oxygen atoms in total. The highest BCUT2D eigenvalue weighted by atomic mass is 16.3. The van der Waals surface area contributed by atoms with Crippen LogP contribution < -0.4 is 5.69 Å². The molecule has 0 amide bonds. The van der Waals surface area contributed by atoms with Gasteiger partial charge in [-0.15, -0.1) is 0 Å². The van der Waals surface area contributed by atoms with Crippen molar-refractivity contribution in [2.24, 2.45) is 0 Å². The van der Waals surface area contributed by atoms with Crippen molar-refractivity contribution >= 4 is 22.2 Å². The first-order valence-corrected chi connectivity index (χ1v) is 13.2. The van der Waals surface area contributed by atoms with Crippen LogP contribution in [0, 0.1) is 0 Å². The molecular formula is C30H27N7O2. The number of fused-ring (bicyclic) bond motifs is 2. The molecule has 0 atom stereocenters. The van der Waals surface area contributed by atoms with Crippen molar-refractivity contribution in [3.8, 4) is 28.4 Å². The van der Waals surface area contributed by atoms with Crippen LogP contribution in [-0.4, -0.2) is 52.8 Å². The van der Waals surface area contributed by atoms with E-state index in [-0.39, 0.29) is 17.6 Å². The fraction of sp³-hybridized carbons (Fsp3) is 0.200. The van der Waals surface area contributed by atoms with E-state index in [1.54, 1.807) is 0 Å². The van der Waals surface area contributed by atoms with Crippen LogP contribution in [0.4, 0.5) is 0 Å². The van der Waals surface area contributed by atoms with E-state index in [1.807, 2.05) is 59.2 Å². The van der Waals surface area contributed by atoms with Gasteiger partial charge in [0.1, 0.15) is 0 Å². The van der Waals surface area contributed by atoms with Crippen LogP contribution in [0.15, 0.2) is 83.7 Å². The second-order valence-electron chi connectivity index (χ2n) is 10.1. The molecule has 9 heteroatoms. The quantitative estimate of drug-likeness (QED) is 0.300. The zero-order valence-electron chi connectivity index (χ0n) is 21.2. The average Bonchev–Trinajstić information content (AvgIpc) is 3.52. The number of aromatic hydroxyl groups is 1. The Morgan fingerprint density at radius 2 is 1.54 bits per heavy atom. The van der Waals surface area contributed by atoms with Crippen LogP contribution in [0.2, 0.25) is 0 Å².